The molecule has 2 unspecified atom stereocenters. The van der Waals surface area contributed by atoms with Crippen LogP contribution in [0.5, 0.6) is 0 Å². The van der Waals surface area contributed by atoms with Crippen molar-refractivity contribution in [2.75, 3.05) is 18.4 Å². The fourth-order valence-electron chi connectivity index (χ4n) is 3.30. The molecule has 1 aromatic rings. The molecule has 104 valence electrons. The normalized spacial score (nSPS) is 27.3. The predicted molar refractivity (Wildman–Crippen MR) is 77.8 cm³/mol. The standard InChI is InChI=1S/C14H21ClN4/c1-9-10(2)14(18-17-13(9)15)16-11-6-8-19-7-4-3-5-12(11)19/h11-12H,3-8H2,1-2H3,(H,16,18). The summed E-state index contributed by atoms with van der Waals surface area (Å²) in [4.78, 5) is 2.62. The van der Waals surface area contributed by atoms with Gasteiger partial charge in [0.25, 0.3) is 0 Å². The van der Waals surface area contributed by atoms with E-state index in [2.05, 4.69) is 27.3 Å². The second kappa shape index (κ2) is 5.25. The van der Waals surface area contributed by atoms with E-state index in [4.69, 9.17) is 11.6 Å². The highest BCUT2D eigenvalue weighted by atomic mass is 35.5. The molecule has 1 aromatic heterocycles. The summed E-state index contributed by atoms with van der Waals surface area (Å²) in [6.45, 7) is 6.53. The second-order valence-electron chi connectivity index (χ2n) is 5.73. The van der Waals surface area contributed by atoms with Crippen molar-refractivity contribution in [1.82, 2.24) is 15.1 Å². The van der Waals surface area contributed by atoms with Crippen molar-refractivity contribution in [3.8, 4) is 0 Å². The molecule has 4 nitrogen and oxygen atoms in total. The Morgan fingerprint density at radius 1 is 1.11 bits per heavy atom. The van der Waals surface area contributed by atoms with Crippen molar-refractivity contribution in [3.05, 3.63) is 16.3 Å². The van der Waals surface area contributed by atoms with Crippen molar-refractivity contribution in [3.63, 3.8) is 0 Å². The van der Waals surface area contributed by atoms with Gasteiger partial charge in [0, 0.05) is 18.6 Å². The summed E-state index contributed by atoms with van der Waals surface area (Å²) in [5.41, 5.74) is 2.15. The van der Waals surface area contributed by atoms with Crippen molar-refractivity contribution < 1.29 is 0 Å². The summed E-state index contributed by atoms with van der Waals surface area (Å²) in [7, 11) is 0. The van der Waals surface area contributed by atoms with E-state index in [-0.39, 0.29) is 0 Å². The first-order chi connectivity index (χ1) is 9.16. The maximum atomic E-state index is 6.00. The number of halogens is 1. The second-order valence-corrected chi connectivity index (χ2v) is 6.09. The van der Waals surface area contributed by atoms with Crippen LogP contribution in [0.4, 0.5) is 5.82 Å². The Morgan fingerprint density at radius 3 is 2.79 bits per heavy atom. The monoisotopic (exact) mass is 280 g/mol. The molecule has 2 aliphatic heterocycles. The maximum Gasteiger partial charge on any atom is 0.155 e. The van der Waals surface area contributed by atoms with Crippen LogP contribution in [-0.2, 0) is 0 Å². The van der Waals surface area contributed by atoms with Crippen LogP contribution in [0.15, 0.2) is 0 Å². The van der Waals surface area contributed by atoms with Crippen LogP contribution >= 0.6 is 11.6 Å². The highest BCUT2D eigenvalue weighted by molar-refractivity contribution is 6.30. The molecule has 2 fully saturated rings. The fourth-order valence-corrected chi connectivity index (χ4v) is 3.48. The minimum Gasteiger partial charge on any atom is -0.364 e. The third-order valence-electron chi connectivity index (χ3n) is 4.64. The number of hydrogen-bond donors (Lipinski definition) is 1. The van der Waals surface area contributed by atoms with Crippen molar-refractivity contribution in [2.24, 2.45) is 0 Å². The van der Waals surface area contributed by atoms with Gasteiger partial charge in [-0.2, -0.15) is 0 Å². The topological polar surface area (TPSA) is 41.1 Å². The van der Waals surface area contributed by atoms with Crippen LogP contribution in [0.25, 0.3) is 0 Å². The molecule has 0 amide bonds. The smallest absolute Gasteiger partial charge is 0.155 e. The lowest BCUT2D eigenvalue weighted by molar-refractivity contribution is 0.192. The van der Waals surface area contributed by atoms with E-state index in [0.717, 1.165) is 16.9 Å². The number of anilines is 1. The van der Waals surface area contributed by atoms with E-state index < -0.39 is 0 Å². The average molecular weight is 281 g/mol. The first-order valence-corrected chi connectivity index (χ1v) is 7.54. The largest absolute Gasteiger partial charge is 0.364 e. The van der Waals surface area contributed by atoms with E-state index in [1.54, 1.807) is 0 Å². The number of nitrogens with zero attached hydrogens (tertiary/aromatic N) is 3. The molecule has 19 heavy (non-hydrogen) atoms. The van der Waals surface area contributed by atoms with E-state index in [0.29, 0.717) is 17.2 Å². The zero-order chi connectivity index (χ0) is 13.4. The Kier molecular flexibility index (Phi) is 3.63. The van der Waals surface area contributed by atoms with E-state index in [1.165, 1.54) is 38.8 Å². The molecule has 0 bridgehead atoms. The van der Waals surface area contributed by atoms with Crippen LogP contribution in [-0.4, -0.2) is 40.3 Å². The van der Waals surface area contributed by atoms with Gasteiger partial charge in [0.2, 0.25) is 0 Å². The zero-order valence-corrected chi connectivity index (χ0v) is 12.4. The molecule has 0 radical (unpaired) electrons. The Labute approximate surface area is 119 Å². The lowest BCUT2D eigenvalue weighted by atomic mass is 9.99. The first kappa shape index (κ1) is 13.1. The third-order valence-corrected chi connectivity index (χ3v) is 5.00. The van der Waals surface area contributed by atoms with Crippen molar-refractivity contribution in [2.45, 2.75) is 51.6 Å². The SMILES string of the molecule is Cc1c(Cl)nnc(NC2CCN3CCCCC23)c1C. The Balaban J connectivity index is 1.77. The third kappa shape index (κ3) is 2.43. The van der Waals surface area contributed by atoms with Crippen LogP contribution in [0.1, 0.15) is 36.8 Å². The van der Waals surface area contributed by atoms with Gasteiger partial charge in [0.15, 0.2) is 11.0 Å². The van der Waals surface area contributed by atoms with Gasteiger partial charge >= 0.3 is 0 Å². The summed E-state index contributed by atoms with van der Waals surface area (Å²) < 4.78 is 0. The molecular weight excluding hydrogens is 260 g/mol. The quantitative estimate of drug-likeness (QED) is 0.904. The molecule has 5 heteroatoms. The number of aromatic nitrogens is 2. The molecule has 2 aliphatic rings. The summed E-state index contributed by atoms with van der Waals surface area (Å²) in [6.07, 6.45) is 5.20. The molecule has 0 aliphatic carbocycles. The fraction of sp³-hybridized carbons (Fsp3) is 0.714. The van der Waals surface area contributed by atoms with Gasteiger partial charge in [0.1, 0.15) is 0 Å². The van der Waals surface area contributed by atoms with Gasteiger partial charge in [-0.05, 0) is 50.8 Å². The minimum atomic E-state index is 0.508. The first-order valence-electron chi connectivity index (χ1n) is 7.17. The van der Waals surface area contributed by atoms with Gasteiger partial charge in [-0.25, -0.2) is 0 Å². The van der Waals surface area contributed by atoms with Crippen molar-refractivity contribution in [1.29, 1.82) is 0 Å². The summed E-state index contributed by atoms with van der Waals surface area (Å²) in [6, 6.07) is 1.18. The van der Waals surface area contributed by atoms with Gasteiger partial charge in [-0.1, -0.05) is 18.0 Å². The van der Waals surface area contributed by atoms with Crippen LogP contribution in [0.3, 0.4) is 0 Å². The maximum absolute atomic E-state index is 6.00. The van der Waals surface area contributed by atoms with E-state index in [1.807, 2.05) is 6.92 Å². The van der Waals surface area contributed by atoms with Gasteiger partial charge in [-0.3, -0.25) is 4.90 Å². The van der Waals surface area contributed by atoms with Gasteiger partial charge < -0.3 is 5.32 Å². The molecule has 1 N–H and O–H groups in total. The van der Waals surface area contributed by atoms with Crippen LogP contribution in [0, 0.1) is 13.8 Å². The van der Waals surface area contributed by atoms with Crippen molar-refractivity contribution >= 4 is 17.4 Å². The Hall–Kier alpha value is -0.870. The average Bonchev–Trinajstić information content (AvgIpc) is 2.83. The number of fused-ring (bicyclic) bond motifs is 1. The zero-order valence-electron chi connectivity index (χ0n) is 11.6. The molecule has 2 atom stereocenters. The van der Waals surface area contributed by atoms with E-state index >= 15 is 0 Å². The number of hydrogen-bond acceptors (Lipinski definition) is 4. The molecular formula is C14H21ClN4. The molecule has 2 saturated heterocycles. The predicted octanol–water partition coefficient (Wildman–Crippen LogP) is 2.79. The molecule has 3 heterocycles. The summed E-state index contributed by atoms with van der Waals surface area (Å²) >= 11 is 6.00. The van der Waals surface area contributed by atoms with E-state index in [9.17, 15) is 0 Å². The molecule has 3 rings (SSSR count). The highest BCUT2D eigenvalue weighted by Crippen LogP contribution is 2.30. The highest BCUT2D eigenvalue weighted by Gasteiger charge is 2.35. The van der Waals surface area contributed by atoms with Crippen LogP contribution < -0.4 is 5.32 Å². The number of rotatable bonds is 2. The number of nitrogens with one attached hydrogen (secondary N) is 1. The number of piperidine rings is 1. The summed E-state index contributed by atoms with van der Waals surface area (Å²) in [5.74, 6) is 0.902. The molecule has 0 aromatic carbocycles. The van der Waals surface area contributed by atoms with Gasteiger partial charge in [-0.15, -0.1) is 10.2 Å². The lowest BCUT2D eigenvalue weighted by Gasteiger charge is -2.32. The molecule has 0 saturated carbocycles. The molecule has 0 spiro atoms. The Morgan fingerprint density at radius 2 is 1.95 bits per heavy atom. The lowest BCUT2D eigenvalue weighted by Crippen LogP contribution is -2.42. The van der Waals surface area contributed by atoms with Crippen LogP contribution in [0.2, 0.25) is 5.15 Å². The summed E-state index contributed by atoms with van der Waals surface area (Å²) in [5, 5.41) is 12.4. The minimum absolute atomic E-state index is 0.508. The Bertz CT molecular complexity index is 477. The van der Waals surface area contributed by atoms with Gasteiger partial charge in [0.05, 0.1) is 0 Å².